The predicted molar refractivity (Wildman–Crippen MR) is 134 cm³/mol. The molecule has 0 radical (unpaired) electrons. The number of hydrogen-bond donors (Lipinski definition) is 5. The number of anilines is 1. The predicted octanol–water partition coefficient (Wildman–Crippen LogP) is 3.28. The first-order chi connectivity index (χ1) is 16.8. The monoisotopic (exact) mass is 476 g/mol. The van der Waals surface area contributed by atoms with E-state index in [0.29, 0.717) is 16.8 Å². The lowest BCUT2D eigenvalue weighted by Crippen LogP contribution is -2.37. The smallest absolute Gasteiger partial charge is 0.290 e. The Morgan fingerprint density at radius 3 is 2.03 bits per heavy atom. The first kappa shape index (κ1) is 26.6. The number of methoxy groups -OCH3 is 1. The number of carboxylic acid groups (broad SMARTS) is 1. The van der Waals surface area contributed by atoms with Crippen molar-refractivity contribution in [1.82, 2.24) is 5.32 Å². The van der Waals surface area contributed by atoms with Gasteiger partial charge in [-0.25, -0.2) is 0 Å². The van der Waals surface area contributed by atoms with E-state index in [1.807, 2.05) is 37.3 Å². The van der Waals surface area contributed by atoms with Gasteiger partial charge in [-0.15, -0.1) is 0 Å². The highest BCUT2D eigenvalue weighted by Crippen LogP contribution is 2.22. The van der Waals surface area contributed by atoms with E-state index in [-0.39, 0.29) is 18.3 Å². The standard InChI is InChI=1S/C25H26N4O3.CH2O2/c1-16(17-10-14-21(32-2)15-11-17)28-24(30)22(18-6-4-3-5-7-18)25(31)29-20-12-8-19(9-13-20)23(26)27;2-1-3/h3-16,22H,1-2H3,(H3,26,27)(H,28,30)(H,29,31);1H,(H,2,3)/t16-,22?;/m0./s1. The number of rotatable bonds is 8. The number of benzene rings is 3. The van der Waals surface area contributed by atoms with E-state index in [1.165, 1.54) is 0 Å². The summed E-state index contributed by atoms with van der Waals surface area (Å²) in [6, 6.07) is 22.6. The molecule has 0 saturated heterocycles. The summed E-state index contributed by atoms with van der Waals surface area (Å²) in [6.07, 6.45) is 0. The van der Waals surface area contributed by atoms with E-state index in [1.54, 1.807) is 55.6 Å². The van der Waals surface area contributed by atoms with Crippen LogP contribution in [0.15, 0.2) is 78.9 Å². The van der Waals surface area contributed by atoms with Crippen molar-refractivity contribution in [3.63, 3.8) is 0 Å². The number of nitrogens with two attached hydrogens (primary N) is 1. The van der Waals surface area contributed by atoms with Crippen LogP contribution in [0.3, 0.4) is 0 Å². The topological polar surface area (TPSA) is 155 Å². The Labute approximate surface area is 203 Å². The second-order valence-corrected chi connectivity index (χ2v) is 7.43. The molecule has 182 valence electrons. The molecule has 0 fully saturated rings. The van der Waals surface area contributed by atoms with Gasteiger partial charge in [-0.1, -0.05) is 42.5 Å². The molecule has 9 nitrogen and oxygen atoms in total. The van der Waals surface area contributed by atoms with Crippen molar-refractivity contribution in [2.75, 3.05) is 12.4 Å². The minimum Gasteiger partial charge on any atom is -0.497 e. The summed E-state index contributed by atoms with van der Waals surface area (Å²) in [4.78, 5) is 34.7. The Balaban J connectivity index is 0.00000137. The van der Waals surface area contributed by atoms with Crippen molar-refractivity contribution in [3.8, 4) is 5.75 Å². The molecular formula is C26H28N4O5. The number of carbonyl (C=O) groups is 3. The van der Waals surface area contributed by atoms with Gasteiger partial charge >= 0.3 is 0 Å². The van der Waals surface area contributed by atoms with Gasteiger partial charge in [0.25, 0.3) is 6.47 Å². The van der Waals surface area contributed by atoms with E-state index in [0.717, 1.165) is 11.3 Å². The third kappa shape index (κ3) is 7.71. The number of amidine groups is 1. The second kappa shape index (κ2) is 13.1. The molecule has 1 unspecified atom stereocenters. The van der Waals surface area contributed by atoms with E-state index in [2.05, 4.69) is 10.6 Å². The Morgan fingerprint density at radius 1 is 0.943 bits per heavy atom. The van der Waals surface area contributed by atoms with Gasteiger partial charge in [0.1, 0.15) is 17.5 Å². The van der Waals surface area contributed by atoms with Gasteiger partial charge in [0.15, 0.2) is 0 Å². The molecule has 0 spiro atoms. The minimum atomic E-state index is -1.04. The highest BCUT2D eigenvalue weighted by Gasteiger charge is 2.29. The molecular weight excluding hydrogens is 448 g/mol. The van der Waals surface area contributed by atoms with Crippen LogP contribution in [-0.2, 0) is 14.4 Å². The van der Waals surface area contributed by atoms with Crippen LogP contribution >= 0.6 is 0 Å². The third-order valence-electron chi connectivity index (χ3n) is 5.10. The van der Waals surface area contributed by atoms with Crippen molar-refractivity contribution in [3.05, 3.63) is 95.6 Å². The Kier molecular flexibility index (Phi) is 9.99. The van der Waals surface area contributed by atoms with Crippen LogP contribution in [0.2, 0.25) is 0 Å². The van der Waals surface area contributed by atoms with E-state index >= 15 is 0 Å². The molecule has 0 saturated carbocycles. The van der Waals surface area contributed by atoms with Crippen LogP contribution in [0.1, 0.15) is 35.6 Å². The molecule has 2 atom stereocenters. The molecule has 0 aliphatic rings. The first-order valence-corrected chi connectivity index (χ1v) is 10.6. The number of nitrogens with one attached hydrogen (secondary N) is 3. The van der Waals surface area contributed by atoms with Crippen LogP contribution in [0, 0.1) is 5.41 Å². The molecule has 0 heterocycles. The average Bonchev–Trinajstić information content (AvgIpc) is 2.85. The maximum atomic E-state index is 13.2. The zero-order valence-electron chi connectivity index (χ0n) is 19.4. The van der Waals surface area contributed by atoms with Gasteiger partial charge in [0.05, 0.1) is 13.2 Å². The quantitative estimate of drug-likeness (QED) is 0.145. The molecule has 6 N–H and O–H groups in total. The van der Waals surface area contributed by atoms with Gasteiger partial charge < -0.3 is 26.2 Å². The largest absolute Gasteiger partial charge is 0.497 e. The van der Waals surface area contributed by atoms with E-state index in [9.17, 15) is 9.59 Å². The zero-order chi connectivity index (χ0) is 25.8. The summed E-state index contributed by atoms with van der Waals surface area (Å²) in [5, 5.41) is 20.1. The number of hydrogen-bond acceptors (Lipinski definition) is 5. The minimum absolute atomic E-state index is 0.0584. The SMILES string of the molecule is COc1ccc([C@H](C)NC(=O)C(C(=O)Nc2ccc(C(=N)N)cc2)c2ccccc2)cc1.O=CO. The Morgan fingerprint density at radius 2 is 1.51 bits per heavy atom. The molecule has 0 bridgehead atoms. The molecule has 3 aromatic rings. The van der Waals surface area contributed by atoms with Gasteiger partial charge in [-0.2, -0.15) is 0 Å². The van der Waals surface area contributed by atoms with Crippen LogP contribution in [0.25, 0.3) is 0 Å². The molecule has 9 heteroatoms. The molecule has 0 aliphatic heterocycles. The fourth-order valence-corrected chi connectivity index (χ4v) is 3.29. The van der Waals surface area contributed by atoms with Crippen molar-refractivity contribution < 1.29 is 24.2 Å². The lowest BCUT2D eigenvalue weighted by Gasteiger charge is -2.21. The van der Waals surface area contributed by atoms with Crippen LogP contribution in [0.5, 0.6) is 5.75 Å². The molecule has 0 aliphatic carbocycles. The second-order valence-electron chi connectivity index (χ2n) is 7.43. The molecule has 0 aromatic heterocycles. The maximum Gasteiger partial charge on any atom is 0.290 e. The van der Waals surface area contributed by atoms with Crippen LogP contribution in [-0.4, -0.2) is 36.3 Å². The number of amides is 2. The zero-order valence-corrected chi connectivity index (χ0v) is 19.4. The van der Waals surface area contributed by atoms with Crippen LogP contribution in [0.4, 0.5) is 5.69 Å². The van der Waals surface area contributed by atoms with Gasteiger partial charge in [0.2, 0.25) is 11.8 Å². The number of carbonyl (C=O) groups excluding carboxylic acids is 2. The van der Waals surface area contributed by atoms with Crippen molar-refractivity contribution in [1.29, 1.82) is 5.41 Å². The summed E-state index contributed by atoms with van der Waals surface area (Å²) < 4.78 is 5.18. The van der Waals surface area contributed by atoms with Gasteiger partial charge in [-0.05, 0) is 54.4 Å². The first-order valence-electron chi connectivity index (χ1n) is 10.6. The summed E-state index contributed by atoms with van der Waals surface area (Å²) in [7, 11) is 1.59. The Bertz CT molecular complexity index is 1130. The highest BCUT2D eigenvalue weighted by atomic mass is 16.5. The van der Waals surface area contributed by atoms with E-state index < -0.39 is 17.7 Å². The van der Waals surface area contributed by atoms with Gasteiger partial charge in [0, 0.05) is 11.3 Å². The fourth-order valence-electron chi connectivity index (χ4n) is 3.29. The lowest BCUT2D eigenvalue weighted by atomic mass is 9.96. The molecule has 35 heavy (non-hydrogen) atoms. The Hall–Kier alpha value is -4.66. The summed E-state index contributed by atoms with van der Waals surface area (Å²) in [6.45, 7) is 1.61. The third-order valence-corrected chi connectivity index (χ3v) is 5.10. The molecule has 3 aromatic carbocycles. The lowest BCUT2D eigenvalue weighted by molar-refractivity contribution is -0.129. The maximum absolute atomic E-state index is 13.2. The fraction of sp³-hybridized carbons (Fsp3) is 0.154. The van der Waals surface area contributed by atoms with Crippen LogP contribution < -0.4 is 21.1 Å². The highest BCUT2D eigenvalue weighted by molar-refractivity contribution is 6.11. The van der Waals surface area contributed by atoms with Crippen molar-refractivity contribution >= 4 is 29.8 Å². The van der Waals surface area contributed by atoms with E-state index in [4.69, 9.17) is 25.8 Å². The normalized spacial score (nSPS) is 11.6. The molecule has 2 amide bonds. The van der Waals surface area contributed by atoms with Gasteiger partial charge in [-0.3, -0.25) is 19.8 Å². The summed E-state index contributed by atoms with van der Waals surface area (Å²) >= 11 is 0. The summed E-state index contributed by atoms with van der Waals surface area (Å²) in [5.74, 6) is -1.23. The number of ether oxygens (including phenoxy) is 1. The molecule has 3 rings (SSSR count). The number of nitrogen functional groups attached to an aromatic ring is 1. The van der Waals surface area contributed by atoms with Crippen molar-refractivity contribution in [2.45, 2.75) is 18.9 Å². The summed E-state index contributed by atoms with van der Waals surface area (Å²) in [5.41, 5.74) is 8.02. The van der Waals surface area contributed by atoms with Crippen molar-refractivity contribution in [2.24, 2.45) is 5.73 Å². The average molecular weight is 477 g/mol.